The molecule has 15 heavy (non-hydrogen) atoms. The van der Waals surface area contributed by atoms with Crippen LogP contribution in [0.25, 0.3) is 0 Å². The minimum absolute atomic E-state index is 0.453. The van der Waals surface area contributed by atoms with Crippen molar-refractivity contribution in [1.82, 2.24) is 5.32 Å². The van der Waals surface area contributed by atoms with E-state index in [1.165, 1.54) is 0 Å². The number of carbonyl (C=O) groups is 3. The van der Waals surface area contributed by atoms with Gasteiger partial charge in [0.05, 0.1) is 5.92 Å². The molecule has 2 N–H and O–H groups in total. The lowest BCUT2D eigenvalue weighted by atomic mass is 9.82. The van der Waals surface area contributed by atoms with E-state index >= 15 is 0 Å². The smallest absolute Gasteiger partial charge is 0.323 e. The van der Waals surface area contributed by atoms with Crippen LogP contribution in [0, 0.1) is 11.8 Å². The Hall–Kier alpha value is -1.91. The number of ketones is 1. The van der Waals surface area contributed by atoms with E-state index in [1.54, 1.807) is 18.2 Å². The number of Topliss-reactive ketones (excluding diaryl/α,β-unsaturated/α-hetero) is 1. The van der Waals surface area contributed by atoms with Gasteiger partial charge >= 0.3 is 5.97 Å². The molecule has 1 fully saturated rings. The van der Waals surface area contributed by atoms with Gasteiger partial charge in [0.15, 0.2) is 11.7 Å². The second-order valence-electron chi connectivity index (χ2n) is 3.50. The number of aliphatic carboxylic acids is 1. The van der Waals surface area contributed by atoms with Crippen LogP contribution in [0.1, 0.15) is 6.42 Å². The summed E-state index contributed by atoms with van der Waals surface area (Å²) in [6, 6.07) is 0. The molecular formula is C10H9NO4. The van der Waals surface area contributed by atoms with Crippen LogP contribution in [0.5, 0.6) is 0 Å². The van der Waals surface area contributed by atoms with E-state index in [0.29, 0.717) is 12.1 Å². The first-order valence-electron chi connectivity index (χ1n) is 4.55. The molecule has 2 unspecified atom stereocenters. The molecule has 1 aliphatic heterocycles. The summed E-state index contributed by atoms with van der Waals surface area (Å²) in [5.74, 6) is -4.72. The maximum absolute atomic E-state index is 11.7. The summed E-state index contributed by atoms with van der Waals surface area (Å²) in [6.45, 7) is 0. The van der Waals surface area contributed by atoms with Gasteiger partial charge in [-0.1, -0.05) is 12.2 Å². The van der Waals surface area contributed by atoms with Crippen molar-refractivity contribution in [2.45, 2.75) is 6.42 Å². The van der Waals surface area contributed by atoms with Crippen LogP contribution in [0.15, 0.2) is 23.9 Å². The van der Waals surface area contributed by atoms with Crippen LogP contribution in [-0.4, -0.2) is 22.8 Å². The lowest BCUT2D eigenvalue weighted by Gasteiger charge is -2.28. The molecule has 1 aliphatic carbocycles. The first-order valence-corrected chi connectivity index (χ1v) is 4.55. The minimum atomic E-state index is -1.56. The number of nitrogens with one attached hydrogen (secondary N) is 1. The summed E-state index contributed by atoms with van der Waals surface area (Å²) in [7, 11) is 0. The van der Waals surface area contributed by atoms with Crippen LogP contribution in [0.3, 0.4) is 0 Å². The van der Waals surface area contributed by atoms with E-state index in [1.807, 2.05) is 0 Å². The first kappa shape index (κ1) is 9.64. The number of hydrogen-bond donors (Lipinski definition) is 2. The van der Waals surface area contributed by atoms with Crippen LogP contribution >= 0.6 is 0 Å². The predicted molar refractivity (Wildman–Crippen MR) is 49.6 cm³/mol. The van der Waals surface area contributed by atoms with Gasteiger partial charge in [-0.05, 0) is 12.5 Å². The van der Waals surface area contributed by atoms with Crippen LogP contribution in [-0.2, 0) is 14.4 Å². The average Bonchev–Trinajstić information content (AvgIpc) is 2.17. The van der Waals surface area contributed by atoms with Crippen molar-refractivity contribution in [2.75, 3.05) is 0 Å². The fourth-order valence-electron chi connectivity index (χ4n) is 1.81. The van der Waals surface area contributed by atoms with E-state index in [4.69, 9.17) is 5.11 Å². The van der Waals surface area contributed by atoms with Gasteiger partial charge in [-0.2, -0.15) is 0 Å². The highest BCUT2D eigenvalue weighted by molar-refractivity contribution is 6.19. The number of amides is 1. The zero-order chi connectivity index (χ0) is 11.0. The minimum Gasteiger partial charge on any atom is -0.480 e. The Morgan fingerprint density at radius 3 is 2.87 bits per heavy atom. The van der Waals surface area contributed by atoms with Crippen LogP contribution < -0.4 is 5.32 Å². The average molecular weight is 207 g/mol. The van der Waals surface area contributed by atoms with Crippen LogP contribution in [0.4, 0.5) is 0 Å². The van der Waals surface area contributed by atoms with E-state index in [9.17, 15) is 14.4 Å². The predicted octanol–water partition coefficient (Wildman–Crippen LogP) is -0.154. The van der Waals surface area contributed by atoms with Gasteiger partial charge in [-0.15, -0.1) is 0 Å². The Bertz CT molecular complexity index is 408. The van der Waals surface area contributed by atoms with Gasteiger partial charge in [0, 0.05) is 5.70 Å². The summed E-state index contributed by atoms with van der Waals surface area (Å²) >= 11 is 0. The van der Waals surface area contributed by atoms with Gasteiger partial charge in [0.2, 0.25) is 5.91 Å². The zero-order valence-electron chi connectivity index (χ0n) is 7.77. The third kappa shape index (κ3) is 1.45. The van der Waals surface area contributed by atoms with Crippen molar-refractivity contribution in [1.29, 1.82) is 0 Å². The summed E-state index contributed by atoms with van der Waals surface area (Å²) in [4.78, 5) is 33.7. The van der Waals surface area contributed by atoms with Gasteiger partial charge in [0.1, 0.15) is 0 Å². The molecule has 1 saturated heterocycles. The molecular weight excluding hydrogens is 198 g/mol. The normalized spacial score (nSPS) is 29.2. The summed E-state index contributed by atoms with van der Waals surface area (Å²) < 4.78 is 0. The summed E-state index contributed by atoms with van der Waals surface area (Å²) in [5.41, 5.74) is 0.505. The molecule has 2 rings (SSSR count). The highest BCUT2D eigenvalue weighted by Crippen LogP contribution is 2.27. The molecule has 2 atom stereocenters. The number of carboxylic acids is 1. The second kappa shape index (κ2) is 3.34. The Kier molecular flexibility index (Phi) is 2.15. The molecule has 0 spiro atoms. The lowest BCUT2D eigenvalue weighted by molar-refractivity contribution is -0.153. The summed E-state index contributed by atoms with van der Waals surface area (Å²) in [5, 5.41) is 11.2. The molecule has 0 bridgehead atoms. The van der Waals surface area contributed by atoms with Crippen LogP contribution in [0.2, 0.25) is 0 Å². The molecule has 0 aromatic heterocycles. The quantitative estimate of drug-likeness (QED) is 0.585. The molecule has 0 saturated carbocycles. The van der Waals surface area contributed by atoms with Gasteiger partial charge in [0.25, 0.3) is 0 Å². The Morgan fingerprint density at radius 1 is 1.47 bits per heavy atom. The number of rotatable bonds is 1. The van der Waals surface area contributed by atoms with Gasteiger partial charge in [-0.3, -0.25) is 14.4 Å². The van der Waals surface area contributed by atoms with Gasteiger partial charge < -0.3 is 10.4 Å². The van der Waals surface area contributed by atoms with Crippen molar-refractivity contribution >= 4 is 17.7 Å². The van der Waals surface area contributed by atoms with Gasteiger partial charge in [-0.25, -0.2) is 0 Å². The molecule has 5 heteroatoms. The maximum Gasteiger partial charge on any atom is 0.323 e. The third-order valence-electron chi connectivity index (χ3n) is 2.56. The van der Waals surface area contributed by atoms with E-state index in [0.717, 1.165) is 0 Å². The standard InChI is InChI=1S/C10H9NO4/c12-8-5-3-1-2-4-6(5)11-9(13)7(8)10(14)15/h1-2,4-5,7H,3H2,(H,11,13)(H,14,15). The molecule has 78 valence electrons. The number of carbonyl (C=O) groups excluding carboxylic acids is 2. The fourth-order valence-corrected chi connectivity index (χ4v) is 1.81. The molecule has 0 radical (unpaired) electrons. The van der Waals surface area contributed by atoms with Crippen molar-refractivity contribution in [3.05, 3.63) is 23.9 Å². The Balaban J connectivity index is 2.34. The Labute approximate surface area is 85.5 Å². The SMILES string of the molecule is O=C(O)C1C(=O)NC2=CC=CCC2C1=O. The van der Waals surface area contributed by atoms with Crippen molar-refractivity contribution in [3.8, 4) is 0 Å². The van der Waals surface area contributed by atoms with E-state index in [-0.39, 0.29) is 0 Å². The maximum atomic E-state index is 11.7. The highest BCUT2D eigenvalue weighted by atomic mass is 16.4. The monoisotopic (exact) mass is 207 g/mol. The number of fused-ring (bicyclic) bond motifs is 1. The van der Waals surface area contributed by atoms with Crippen molar-refractivity contribution < 1.29 is 19.5 Å². The Morgan fingerprint density at radius 2 is 2.20 bits per heavy atom. The van der Waals surface area contributed by atoms with Crippen molar-refractivity contribution in [2.24, 2.45) is 11.8 Å². The summed E-state index contributed by atoms with van der Waals surface area (Å²) in [6.07, 6.45) is 5.60. The molecule has 0 aromatic carbocycles. The third-order valence-corrected chi connectivity index (χ3v) is 2.56. The van der Waals surface area contributed by atoms with E-state index in [2.05, 4.69) is 5.32 Å². The van der Waals surface area contributed by atoms with Crippen molar-refractivity contribution in [3.63, 3.8) is 0 Å². The fraction of sp³-hybridized carbons (Fsp3) is 0.300. The molecule has 1 amide bonds. The topological polar surface area (TPSA) is 83.5 Å². The number of hydrogen-bond acceptors (Lipinski definition) is 3. The molecule has 2 aliphatic rings. The number of allylic oxidation sites excluding steroid dienone is 4. The molecule has 5 nitrogen and oxygen atoms in total. The lowest BCUT2D eigenvalue weighted by Crippen LogP contribution is -2.50. The highest BCUT2D eigenvalue weighted by Gasteiger charge is 2.44. The first-order chi connectivity index (χ1) is 7.11. The molecule has 1 heterocycles. The zero-order valence-corrected chi connectivity index (χ0v) is 7.77. The number of piperidine rings is 1. The van der Waals surface area contributed by atoms with E-state index < -0.39 is 29.5 Å². The largest absolute Gasteiger partial charge is 0.480 e. The second-order valence-corrected chi connectivity index (χ2v) is 3.50. The number of carboxylic acid groups (broad SMARTS) is 1. The molecule has 0 aromatic rings.